The maximum Gasteiger partial charge on any atom is 0.240 e. The van der Waals surface area contributed by atoms with Gasteiger partial charge in [-0.3, -0.25) is 19.5 Å². The van der Waals surface area contributed by atoms with Crippen molar-refractivity contribution in [2.24, 2.45) is 0 Å². The van der Waals surface area contributed by atoms with Crippen LogP contribution in [0.15, 0.2) is 42.6 Å². The number of nitrogens with one attached hydrogen (secondary N) is 1. The van der Waals surface area contributed by atoms with E-state index in [1.54, 1.807) is 30.5 Å². The summed E-state index contributed by atoms with van der Waals surface area (Å²) in [7, 11) is 3.04. The summed E-state index contributed by atoms with van der Waals surface area (Å²) in [6, 6.07) is 10.5. The van der Waals surface area contributed by atoms with E-state index >= 15 is 0 Å². The Hall–Kier alpha value is -3.09. The Morgan fingerprint density at radius 3 is 2.56 bits per heavy atom. The lowest BCUT2D eigenvalue weighted by Crippen LogP contribution is -2.39. The van der Waals surface area contributed by atoms with Gasteiger partial charge in [0.15, 0.2) is 0 Å². The molecule has 0 bridgehead atoms. The second-order valence-electron chi connectivity index (χ2n) is 5.24. The zero-order valence-corrected chi connectivity index (χ0v) is 14.5. The van der Waals surface area contributed by atoms with E-state index in [0.717, 1.165) is 5.69 Å². The van der Waals surface area contributed by atoms with Crippen LogP contribution in [0.2, 0.25) is 0 Å². The molecule has 25 heavy (non-hydrogen) atoms. The lowest BCUT2D eigenvalue weighted by molar-refractivity contribution is -0.123. The Labute approximate surface area is 146 Å². The Balaban J connectivity index is 2.13. The van der Waals surface area contributed by atoms with Gasteiger partial charge < -0.3 is 14.8 Å². The first kappa shape index (κ1) is 18.3. The van der Waals surface area contributed by atoms with E-state index in [-0.39, 0.29) is 18.4 Å². The molecule has 0 aliphatic carbocycles. The van der Waals surface area contributed by atoms with Crippen LogP contribution in [0.25, 0.3) is 0 Å². The summed E-state index contributed by atoms with van der Waals surface area (Å²) in [6.07, 6.45) is 1.66. The van der Waals surface area contributed by atoms with Gasteiger partial charge in [0.1, 0.15) is 18.0 Å². The summed E-state index contributed by atoms with van der Waals surface area (Å²) in [5.41, 5.74) is 1.21. The molecule has 132 valence electrons. The van der Waals surface area contributed by atoms with Crippen LogP contribution in [0.1, 0.15) is 12.6 Å². The number of nitrogens with zero attached hydrogens (tertiary/aromatic N) is 2. The van der Waals surface area contributed by atoms with Gasteiger partial charge in [0, 0.05) is 19.2 Å². The topological polar surface area (TPSA) is 80.8 Å². The van der Waals surface area contributed by atoms with Gasteiger partial charge in [-0.15, -0.1) is 0 Å². The highest BCUT2D eigenvalue weighted by atomic mass is 16.5. The summed E-state index contributed by atoms with van der Waals surface area (Å²) in [5, 5.41) is 2.75. The second-order valence-corrected chi connectivity index (χ2v) is 5.24. The fraction of sp³-hybridized carbons (Fsp3) is 0.278. The van der Waals surface area contributed by atoms with Crippen molar-refractivity contribution in [2.75, 3.05) is 25.7 Å². The molecule has 0 radical (unpaired) electrons. The fourth-order valence-corrected chi connectivity index (χ4v) is 2.27. The Morgan fingerprint density at radius 2 is 1.96 bits per heavy atom. The third-order valence-electron chi connectivity index (χ3n) is 3.55. The number of benzene rings is 1. The van der Waals surface area contributed by atoms with Crippen LogP contribution < -0.4 is 19.7 Å². The number of anilines is 1. The third-order valence-corrected chi connectivity index (χ3v) is 3.55. The average molecular weight is 343 g/mol. The lowest BCUT2D eigenvalue weighted by atomic mass is 10.2. The zero-order chi connectivity index (χ0) is 18.2. The van der Waals surface area contributed by atoms with Crippen molar-refractivity contribution in [2.45, 2.75) is 13.5 Å². The van der Waals surface area contributed by atoms with Crippen molar-refractivity contribution < 1.29 is 19.1 Å². The molecule has 0 spiro atoms. The molecule has 7 nitrogen and oxygen atoms in total. The second kappa shape index (κ2) is 8.68. The van der Waals surface area contributed by atoms with E-state index in [4.69, 9.17) is 9.47 Å². The molecule has 0 saturated heterocycles. The standard InChI is InChI=1S/C18H21N3O4/c1-13(22)21(16-10-15(24-2)7-8-17(16)25-3)12-18(23)20-11-14-6-4-5-9-19-14/h4-10H,11-12H2,1-3H3,(H,20,23). The molecule has 1 heterocycles. The monoisotopic (exact) mass is 343 g/mol. The molecule has 1 aromatic carbocycles. The average Bonchev–Trinajstić information content (AvgIpc) is 2.64. The molecule has 1 N–H and O–H groups in total. The smallest absolute Gasteiger partial charge is 0.240 e. The summed E-state index contributed by atoms with van der Waals surface area (Å²) in [6.45, 7) is 1.55. The van der Waals surface area contributed by atoms with E-state index in [2.05, 4.69) is 10.3 Å². The molecular formula is C18H21N3O4. The quantitative estimate of drug-likeness (QED) is 0.829. The molecule has 2 rings (SSSR count). The number of carbonyl (C=O) groups excluding carboxylic acids is 2. The maximum absolute atomic E-state index is 12.3. The molecule has 2 aromatic rings. The first-order chi connectivity index (χ1) is 12.0. The number of rotatable bonds is 7. The van der Waals surface area contributed by atoms with Crippen LogP contribution in [0, 0.1) is 0 Å². The third kappa shape index (κ3) is 4.94. The summed E-state index contributed by atoms with van der Waals surface area (Å²) in [4.78, 5) is 29.8. The Kier molecular flexibility index (Phi) is 6.33. The van der Waals surface area contributed by atoms with Gasteiger partial charge in [-0.2, -0.15) is 0 Å². The van der Waals surface area contributed by atoms with Gasteiger partial charge in [0.25, 0.3) is 0 Å². The van der Waals surface area contributed by atoms with E-state index in [0.29, 0.717) is 23.7 Å². The van der Waals surface area contributed by atoms with Crippen LogP contribution >= 0.6 is 0 Å². The number of ether oxygens (including phenoxy) is 2. The number of hydrogen-bond acceptors (Lipinski definition) is 5. The maximum atomic E-state index is 12.3. The van der Waals surface area contributed by atoms with E-state index in [1.165, 1.54) is 26.0 Å². The van der Waals surface area contributed by atoms with Crippen molar-refractivity contribution in [1.82, 2.24) is 10.3 Å². The van der Waals surface area contributed by atoms with Crippen LogP contribution in [0.3, 0.4) is 0 Å². The number of methoxy groups -OCH3 is 2. The number of hydrogen-bond donors (Lipinski definition) is 1. The van der Waals surface area contributed by atoms with Crippen molar-refractivity contribution in [3.63, 3.8) is 0 Å². The van der Waals surface area contributed by atoms with Crippen LogP contribution in [-0.4, -0.2) is 37.6 Å². The predicted molar refractivity (Wildman–Crippen MR) is 93.7 cm³/mol. The van der Waals surface area contributed by atoms with Crippen molar-refractivity contribution in [1.29, 1.82) is 0 Å². The predicted octanol–water partition coefficient (Wildman–Crippen LogP) is 1.77. The van der Waals surface area contributed by atoms with Gasteiger partial charge in [-0.05, 0) is 24.3 Å². The highest BCUT2D eigenvalue weighted by Crippen LogP contribution is 2.32. The normalized spacial score (nSPS) is 10.0. The largest absolute Gasteiger partial charge is 0.497 e. The van der Waals surface area contributed by atoms with E-state index < -0.39 is 0 Å². The van der Waals surface area contributed by atoms with Gasteiger partial charge in [0.05, 0.1) is 32.1 Å². The minimum Gasteiger partial charge on any atom is -0.497 e. The fourth-order valence-electron chi connectivity index (χ4n) is 2.27. The number of aromatic nitrogens is 1. The molecule has 0 fully saturated rings. The highest BCUT2D eigenvalue weighted by molar-refractivity contribution is 5.98. The van der Waals surface area contributed by atoms with Gasteiger partial charge in [0.2, 0.25) is 11.8 Å². The molecule has 0 saturated carbocycles. The number of amides is 2. The van der Waals surface area contributed by atoms with Crippen LogP contribution in [-0.2, 0) is 16.1 Å². The minimum absolute atomic E-state index is 0.133. The molecule has 0 aliphatic rings. The molecule has 7 heteroatoms. The van der Waals surface area contributed by atoms with Crippen molar-refractivity contribution in [3.8, 4) is 11.5 Å². The number of pyridine rings is 1. The van der Waals surface area contributed by atoms with Crippen molar-refractivity contribution >= 4 is 17.5 Å². The van der Waals surface area contributed by atoms with E-state index in [9.17, 15) is 9.59 Å². The Bertz CT molecular complexity index is 734. The molecule has 0 atom stereocenters. The first-order valence-corrected chi connectivity index (χ1v) is 7.72. The lowest BCUT2D eigenvalue weighted by Gasteiger charge is -2.23. The molecule has 2 amide bonds. The summed E-state index contributed by atoms with van der Waals surface area (Å²) < 4.78 is 10.5. The van der Waals surface area contributed by atoms with Crippen molar-refractivity contribution in [3.05, 3.63) is 48.3 Å². The van der Waals surface area contributed by atoms with Crippen LogP contribution in [0.4, 0.5) is 5.69 Å². The first-order valence-electron chi connectivity index (χ1n) is 7.72. The SMILES string of the molecule is COc1ccc(OC)c(N(CC(=O)NCc2ccccn2)C(C)=O)c1. The van der Waals surface area contributed by atoms with Gasteiger partial charge in [-0.1, -0.05) is 6.07 Å². The number of carbonyl (C=O) groups is 2. The van der Waals surface area contributed by atoms with Crippen LogP contribution in [0.5, 0.6) is 11.5 Å². The zero-order valence-electron chi connectivity index (χ0n) is 14.5. The highest BCUT2D eigenvalue weighted by Gasteiger charge is 2.20. The van der Waals surface area contributed by atoms with E-state index in [1.807, 2.05) is 12.1 Å². The molecular weight excluding hydrogens is 322 g/mol. The summed E-state index contributed by atoms with van der Waals surface area (Å²) >= 11 is 0. The molecule has 0 unspecified atom stereocenters. The molecule has 0 aliphatic heterocycles. The Morgan fingerprint density at radius 1 is 1.16 bits per heavy atom. The van der Waals surface area contributed by atoms with Gasteiger partial charge >= 0.3 is 0 Å². The summed E-state index contributed by atoms with van der Waals surface area (Å²) in [5.74, 6) is 0.467. The minimum atomic E-state index is -0.300. The molecule has 1 aromatic heterocycles. The van der Waals surface area contributed by atoms with Gasteiger partial charge in [-0.25, -0.2) is 0 Å².